The summed E-state index contributed by atoms with van der Waals surface area (Å²) in [6, 6.07) is 6.71. The van der Waals surface area contributed by atoms with Crippen molar-refractivity contribution >= 4 is 46.5 Å². The van der Waals surface area contributed by atoms with Crippen molar-refractivity contribution < 1.29 is 0 Å². The third-order valence-corrected chi connectivity index (χ3v) is 2.61. The van der Waals surface area contributed by atoms with Gasteiger partial charge in [-0.2, -0.15) is 9.97 Å². The van der Waals surface area contributed by atoms with Crippen molar-refractivity contribution in [2.75, 3.05) is 16.8 Å². The Kier molecular flexibility index (Phi) is 3.21. The number of hydrogen-bond acceptors (Lipinski definition) is 5. The normalized spacial score (nSPS) is 10.2. The fourth-order valence-electron chi connectivity index (χ4n) is 1.29. The quantitative estimate of drug-likeness (QED) is 0.780. The maximum atomic E-state index is 6.01. The van der Waals surface area contributed by atoms with E-state index in [4.69, 9.17) is 34.7 Å². The van der Waals surface area contributed by atoms with Gasteiger partial charge in [-0.1, -0.05) is 29.3 Å². The number of halogens is 2. The summed E-state index contributed by atoms with van der Waals surface area (Å²) < 4.78 is 0. The van der Waals surface area contributed by atoms with Crippen LogP contribution in [-0.4, -0.2) is 9.97 Å². The summed E-state index contributed by atoms with van der Waals surface area (Å²) in [6.45, 7) is 0. The van der Waals surface area contributed by atoms with E-state index in [-0.39, 0.29) is 11.8 Å². The standard InChI is InChI=1S/C10H9Cl2N5/c11-5-2-1-3-6(12)9(5)16-8-4-7(13)15-10(14)17-8/h1-4H,(H5,13,14,15,16,17). The van der Waals surface area contributed by atoms with Crippen molar-refractivity contribution in [2.24, 2.45) is 0 Å². The summed E-state index contributed by atoms with van der Waals surface area (Å²) in [7, 11) is 0. The molecular weight excluding hydrogens is 261 g/mol. The van der Waals surface area contributed by atoms with Gasteiger partial charge in [-0.25, -0.2) is 0 Å². The summed E-state index contributed by atoms with van der Waals surface area (Å²) >= 11 is 12.0. The van der Waals surface area contributed by atoms with Crippen LogP contribution in [0.3, 0.4) is 0 Å². The lowest BCUT2D eigenvalue weighted by Crippen LogP contribution is -2.03. The van der Waals surface area contributed by atoms with Crippen molar-refractivity contribution in [3.63, 3.8) is 0 Å². The summed E-state index contributed by atoms with van der Waals surface area (Å²) in [5.74, 6) is 0.781. The lowest BCUT2D eigenvalue weighted by atomic mass is 10.3. The van der Waals surface area contributed by atoms with Crippen LogP contribution < -0.4 is 16.8 Å². The number of nitrogen functional groups attached to an aromatic ring is 2. The van der Waals surface area contributed by atoms with Crippen molar-refractivity contribution in [3.05, 3.63) is 34.3 Å². The maximum absolute atomic E-state index is 6.01. The minimum Gasteiger partial charge on any atom is -0.383 e. The van der Waals surface area contributed by atoms with Crippen molar-refractivity contribution in [1.29, 1.82) is 0 Å². The first-order valence-electron chi connectivity index (χ1n) is 4.67. The highest BCUT2D eigenvalue weighted by molar-refractivity contribution is 6.39. The Balaban J connectivity index is 2.38. The van der Waals surface area contributed by atoms with E-state index in [2.05, 4.69) is 15.3 Å². The number of nitrogens with one attached hydrogen (secondary N) is 1. The lowest BCUT2D eigenvalue weighted by molar-refractivity contribution is 1.19. The van der Waals surface area contributed by atoms with E-state index in [0.29, 0.717) is 21.6 Å². The third kappa shape index (κ3) is 2.69. The van der Waals surface area contributed by atoms with E-state index in [1.807, 2.05) is 0 Å². The summed E-state index contributed by atoms with van der Waals surface area (Å²) in [4.78, 5) is 7.73. The zero-order chi connectivity index (χ0) is 12.4. The second kappa shape index (κ2) is 4.65. The largest absolute Gasteiger partial charge is 0.383 e. The topological polar surface area (TPSA) is 89.8 Å². The molecule has 0 spiro atoms. The number of anilines is 4. The van der Waals surface area contributed by atoms with Gasteiger partial charge in [-0.15, -0.1) is 0 Å². The Labute approximate surface area is 108 Å². The van der Waals surface area contributed by atoms with E-state index in [1.54, 1.807) is 18.2 Å². The van der Waals surface area contributed by atoms with Gasteiger partial charge in [-0.05, 0) is 12.1 Å². The molecule has 0 aliphatic carbocycles. The fraction of sp³-hybridized carbons (Fsp3) is 0. The minimum atomic E-state index is 0.0793. The van der Waals surface area contributed by atoms with Crippen LogP contribution in [0.2, 0.25) is 10.0 Å². The van der Waals surface area contributed by atoms with Gasteiger partial charge in [0, 0.05) is 6.07 Å². The SMILES string of the molecule is Nc1cc(Nc2c(Cl)cccc2Cl)nc(N)n1. The lowest BCUT2D eigenvalue weighted by Gasteiger charge is -2.10. The molecule has 0 unspecified atom stereocenters. The summed E-state index contributed by atoms with van der Waals surface area (Å²) in [5, 5.41) is 3.91. The highest BCUT2D eigenvalue weighted by Crippen LogP contribution is 2.32. The number of hydrogen-bond donors (Lipinski definition) is 3. The Hall–Kier alpha value is -1.72. The van der Waals surface area contributed by atoms with Gasteiger partial charge in [0.05, 0.1) is 15.7 Å². The molecule has 0 atom stereocenters. The number of para-hydroxylation sites is 1. The molecule has 17 heavy (non-hydrogen) atoms. The number of rotatable bonds is 2. The zero-order valence-corrected chi connectivity index (χ0v) is 10.1. The van der Waals surface area contributed by atoms with Crippen LogP contribution in [0.25, 0.3) is 0 Å². The highest BCUT2D eigenvalue weighted by Gasteiger charge is 2.07. The van der Waals surface area contributed by atoms with Gasteiger partial charge in [0.2, 0.25) is 5.95 Å². The average Bonchev–Trinajstić information content (AvgIpc) is 2.22. The molecule has 5 N–H and O–H groups in total. The van der Waals surface area contributed by atoms with Gasteiger partial charge in [0.1, 0.15) is 11.6 Å². The van der Waals surface area contributed by atoms with E-state index in [1.165, 1.54) is 6.07 Å². The number of nitrogens with zero attached hydrogens (tertiary/aromatic N) is 2. The molecule has 0 saturated carbocycles. The Morgan fingerprint density at radius 3 is 2.29 bits per heavy atom. The molecule has 0 aliphatic rings. The van der Waals surface area contributed by atoms with E-state index >= 15 is 0 Å². The molecule has 2 aromatic rings. The van der Waals surface area contributed by atoms with Gasteiger partial charge < -0.3 is 16.8 Å². The van der Waals surface area contributed by atoms with Crippen molar-refractivity contribution in [3.8, 4) is 0 Å². The zero-order valence-electron chi connectivity index (χ0n) is 8.61. The molecule has 0 bridgehead atoms. The van der Waals surface area contributed by atoms with E-state index in [0.717, 1.165) is 0 Å². The first kappa shape index (κ1) is 11.8. The molecule has 0 aliphatic heterocycles. The predicted molar refractivity (Wildman–Crippen MR) is 70.6 cm³/mol. The van der Waals surface area contributed by atoms with Gasteiger partial charge >= 0.3 is 0 Å². The van der Waals surface area contributed by atoms with Gasteiger partial charge in [-0.3, -0.25) is 0 Å². The molecule has 1 aromatic heterocycles. The monoisotopic (exact) mass is 269 g/mol. The van der Waals surface area contributed by atoms with Crippen molar-refractivity contribution in [2.45, 2.75) is 0 Å². The third-order valence-electron chi connectivity index (χ3n) is 1.98. The second-order valence-electron chi connectivity index (χ2n) is 3.26. The Morgan fingerprint density at radius 1 is 1.06 bits per heavy atom. The predicted octanol–water partition coefficient (Wildman–Crippen LogP) is 2.69. The number of benzene rings is 1. The first-order chi connectivity index (χ1) is 8.06. The fourth-order valence-corrected chi connectivity index (χ4v) is 1.79. The molecule has 0 fully saturated rings. The highest BCUT2D eigenvalue weighted by atomic mass is 35.5. The first-order valence-corrected chi connectivity index (χ1v) is 5.43. The van der Waals surface area contributed by atoms with E-state index in [9.17, 15) is 0 Å². The molecule has 0 radical (unpaired) electrons. The van der Waals surface area contributed by atoms with Crippen molar-refractivity contribution in [1.82, 2.24) is 9.97 Å². The molecule has 7 heteroatoms. The maximum Gasteiger partial charge on any atom is 0.223 e. The van der Waals surface area contributed by atoms with E-state index < -0.39 is 0 Å². The summed E-state index contributed by atoms with van der Waals surface area (Å²) in [6.07, 6.45) is 0. The number of nitrogens with two attached hydrogens (primary N) is 2. The van der Waals surface area contributed by atoms with Crippen LogP contribution in [0.4, 0.5) is 23.3 Å². The molecule has 1 aromatic carbocycles. The molecule has 0 amide bonds. The molecule has 0 saturated heterocycles. The number of aromatic nitrogens is 2. The van der Waals surface area contributed by atoms with Gasteiger partial charge in [0.25, 0.3) is 0 Å². The second-order valence-corrected chi connectivity index (χ2v) is 4.07. The molecule has 1 heterocycles. The van der Waals surface area contributed by atoms with Crippen LogP contribution in [-0.2, 0) is 0 Å². The van der Waals surface area contributed by atoms with Crippen LogP contribution in [0.5, 0.6) is 0 Å². The minimum absolute atomic E-state index is 0.0793. The van der Waals surface area contributed by atoms with Gasteiger partial charge in [0.15, 0.2) is 0 Å². The average molecular weight is 270 g/mol. The Bertz CT molecular complexity index is 518. The van der Waals surface area contributed by atoms with Crippen LogP contribution >= 0.6 is 23.2 Å². The molecule has 2 rings (SSSR count). The summed E-state index contributed by atoms with van der Waals surface area (Å²) in [5.41, 5.74) is 11.6. The van der Waals surface area contributed by atoms with Crippen LogP contribution in [0, 0.1) is 0 Å². The smallest absolute Gasteiger partial charge is 0.223 e. The van der Waals surface area contributed by atoms with Crippen LogP contribution in [0.15, 0.2) is 24.3 Å². The van der Waals surface area contributed by atoms with Crippen LogP contribution in [0.1, 0.15) is 0 Å². The molecular formula is C10H9Cl2N5. The Morgan fingerprint density at radius 2 is 1.71 bits per heavy atom. The molecule has 88 valence electrons. The molecule has 5 nitrogen and oxygen atoms in total.